The minimum atomic E-state index is -5.12. The molecule has 14 heteroatoms. The van der Waals surface area contributed by atoms with E-state index in [1.54, 1.807) is 6.08 Å². The molecule has 1 rings (SSSR count). The van der Waals surface area contributed by atoms with Gasteiger partial charge in [0.2, 0.25) is 5.91 Å². The van der Waals surface area contributed by atoms with Crippen LogP contribution in [0.5, 0.6) is 0 Å². The number of nitrogens with one attached hydrogen (secondary N) is 1. The second-order valence-electron chi connectivity index (χ2n) is 14.7. The summed E-state index contributed by atoms with van der Waals surface area (Å²) in [7, 11) is -5.12. The maximum absolute atomic E-state index is 13.0. The molecule has 0 bridgehead atoms. The van der Waals surface area contributed by atoms with E-state index in [-0.39, 0.29) is 6.42 Å². The average molecular weight is 806 g/mol. The van der Waals surface area contributed by atoms with Crippen LogP contribution in [0.4, 0.5) is 0 Å². The predicted molar refractivity (Wildman–Crippen MR) is 214 cm³/mol. The zero-order chi connectivity index (χ0) is 40.7. The molecule has 0 aliphatic carbocycles. The van der Waals surface area contributed by atoms with Gasteiger partial charge in [0.15, 0.2) is 6.29 Å². The lowest BCUT2D eigenvalue weighted by Gasteiger charge is -2.41. The standard InChI is InChI=1S/C41H75NO12S/c1-3-5-7-9-11-13-15-16-17-18-20-22-24-26-28-30-35(45)40(48)42-33(34(44)29-27-25-23-21-19-14-12-10-8-6-4-2)32-52-41-38(47)39(54-55(49,50)51)37(46)36(31-43)53-41/h17-19,21,27,29,33-39,41,43-47H,3-16,20,22-26,28,30-32H2,1-2H3,(H,42,48)(H,49,50,51)/b18-17-,21-19+,29-27+. The summed E-state index contributed by atoms with van der Waals surface area (Å²) in [6, 6.07) is -1.14. The number of aliphatic hydroxyl groups excluding tert-OH is 5. The zero-order valence-corrected chi connectivity index (χ0v) is 34.4. The zero-order valence-electron chi connectivity index (χ0n) is 33.6. The normalized spacial score (nSPS) is 22.5. The van der Waals surface area contributed by atoms with Crippen LogP contribution in [0, 0.1) is 0 Å². The molecule has 8 atom stereocenters. The highest BCUT2D eigenvalue weighted by atomic mass is 32.3. The highest BCUT2D eigenvalue weighted by molar-refractivity contribution is 7.80. The Hall–Kier alpha value is -1.72. The van der Waals surface area contributed by atoms with Crippen molar-refractivity contribution in [3.05, 3.63) is 36.5 Å². The van der Waals surface area contributed by atoms with Crippen LogP contribution in [0.3, 0.4) is 0 Å². The number of allylic oxidation sites excluding steroid dienone is 5. The molecule has 55 heavy (non-hydrogen) atoms. The first-order valence-electron chi connectivity index (χ1n) is 21.0. The van der Waals surface area contributed by atoms with Gasteiger partial charge >= 0.3 is 10.4 Å². The predicted octanol–water partition coefficient (Wildman–Crippen LogP) is 6.13. The largest absolute Gasteiger partial charge is 0.397 e. The number of ether oxygens (including phenoxy) is 2. The molecule has 7 N–H and O–H groups in total. The van der Waals surface area contributed by atoms with Crippen LogP contribution in [-0.2, 0) is 28.9 Å². The fourth-order valence-electron chi connectivity index (χ4n) is 6.35. The molecule has 1 fully saturated rings. The number of hydrogen-bond acceptors (Lipinski definition) is 11. The molecule has 0 saturated carbocycles. The van der Waals surface area contributed by atoms with E-state index in [0.717, 1.165) is 51.4 Å². The highest BCUT2D eigenvalue weighted by Gasteiger charge is 2.48. The Labute approximate surface area is 331 Å². The van der Waals surface area contributed by atoms with Crippen LogP contribution in [0.1, 0.15) is 155 Å². The summed E-state index contributed by atoms with van der Waals surface area (Å²) in [6.45, 7) is 3.13. The topological polar surface area (TPSA) is 212 Å². The van der Waals surface area contributed by atoms with Gasteiger partial charge in [0.1, 0.15) is 30.5 Å². The van der Waals surface area contributed by atoms with E-state index >= 15 is 0 Å². The Balaban J connectivity index is 2.67. The Morgan fingerprint density at radius 2 is 1.22 bits per heavy atom. The van der Waals surface area contributed by atoms with E-state index in [1.165, 1.54) is 76.7 Å². The third-order valence-electron chi connectivity index (χ3n) is 9.75. The molecule has 13 nitrogen and oxygen atoms in total. The molecule has 1 aliphatic heterocycles. The first-order valence-corrected chi connectivity index (χ1v) is 22.3. The lowest BCUT2D eigenvalue weighted by atomic mass is 9.99. The summed E-state index contributed by atoms with van der Waals surface area (Å²) in [5.41, 5.74) is 0. The molecule has 0 spiro atoms. The Morgan fingerprint density at radius 3 is 1.75 bits per heavy atom. The van der Waals surface area contributed by atoms with Crippen LogP contribution in [0.2, 0.25) is 0 Å². The monoisotopic (exact) mass is 806 g/mol. The van der Waals surface area contributed by atoms with Gasteiger partial charge in [0.05, 0.1) is 25.4 Å². The first kappa shape index (κ1) is 51.3. The van der Waals surface area contributed by atoms with Gasteiger partial charge in [0, 0.05) is 0 Å². The van der Waals surface area contributed by atoms with Crippen molar-refractivity contribution in [2.24, 2.45) is 0 Å². The minimum Gasteiger partial charge on any atom is -0.394 e. The maximum Gasteiger partial charge on any atom is 0.397 e. The molecule has 1 saturated heterocycles. The third-order valence-corrected chi connectivity index (χ3v) is 10.2. The van der Waals surface area contributed by atoms with Crippen LogP contribution in [0.25, 0.3) is 0 Å². The van der Waals surface area contributed by atoms with E-state index in [0.29, 0.717) is 12.8 Å². The van der Waals surface area contributed by atoms with Gasteiger partial charge in [-0.3, -0.25) is 9.35 Å². The second kappa shape index (κ2) is 32.3. The van der Waals surface area contributed by atoms with Crippen molar-refractivity contribution in [2.75, 3.05) is 13.2 Å². The van der Waals surface area contributed by atoms with E-state index in [4.69, 9.17) is 14.0 Å². The highest BCUT2D eigenvalue weighted by Crippen LogP contribution is 2.26. The molecule has 322 valence electrons. The van der Waals surface area contributed by atoms with Crippen LogP contribution in [0.15, 0.2) is 36.5 Å². The Kier molecular flexibility index (Phi) is 30.1. The fourth-order valence-corrected chi connectivity index (χ4v) is 6.86. The Morgan fingerprint density at radius 1 is 0.727 bits per heavy atom. The summed E-state index contributed by atoms with van der Waals surface area (Å²) in [4.78, 5) is 13.0. The first-order chi connectivity index (χ1) is 26.4. The van der Waals surface area contributed by atoms with Gasteiger partial charge in [0.25, 0.3) is 0 Å². The van der Waals surface area contributed by atoms with Crippen molar-refractivity contribution in [1.82, 2.24) is 5.32 Å². The van der Waals surface area contributed by atoms with Crippen molar-refractivity contribution in [3.8, 4) is 0 Å². The van der Waals surface area contributed by atoms with Crippen molar-refractivity contribution in [1.29, 1.82) is 0 Å². The molecule has 1 aliphatic rings. The van der Waals surface area contributed by atoms with Gasteiger partial charge in [-0.2, -0.15) is 8.42 Å². The molecular weight excluding hydrogens is 731 g/mol. The number of hydrogen-bond donors (Lipinski definition) is 7. The maximum atomic E-state index is 13.0. The van der Waals surface area contributed by atoms with Crippen molar-refractivity contribution < 1.29 is 57.0 Å². The molecule has 0 aromatic heterocycles. The van der Waals surface area contributed by atoms with E-state index in [9.17, 15) is 38.7 Å². The fraction of sp³-hybridized carbons (Fsp3) is 0.829. The van der Waals surface area contributed by atoms with Gasteiger partial charge < -0.3 is 40.3 Å². The lowest BCUT2D eigenvalue weighted by Crippen LogP contribution is -2.61. The van der Waals surface area contributed by atoms with Gasteiger partial charge in [-0.15, -0.1) is 0 Å². The van der Waals surface area contributed by atoms with Crippen LogP contribution in [-0.4, -0.2) is 107 Å². The van der Waals surface area contributed by atoms with Crippen LogP contribution >= 0.6 is 0 Å². The smallest absolute Gasteiger partial charge is 0.394 e. The summed E-state index contributed by atoms with van der Waals surface area (Å²) in [5, 5.41) is 54.9. The number of carbonyl (C=O) groups excluding carboxylic acids is 1. The van der Waals surface area contributed by atoms with E-state index in [1.807, 2.05) is 0 Å². The number of carbonyl (C=O) groups is 1. The summed E-state index contributed by atoms with van der Waals surface area (Å²) < 4.78 is 47.3. The van der Waals surface area contributed by atoms with Gasteiger partial charge in [-0.05, 0) is 57.8 Å². The summed E-state index contributed by atoms with van der Waals surface area (Å²) in [6.07, 6.45) is 23.9. The SMILES string of the molecule is CCCCCCC/C=C/CC/C=C/C(O)C(COC1OC(CO)C(O)C(OS(=O)(=O)O)C1O)NC(=O)C(O)CCCCCC/C=C\CCCCCCCCC. The molecule has 0 aromatic carbocycles. The van der Waals surface area contributed by atoms with Crippen molar-refractivity contribution in [3.63, 3.8) is 0 Å². The molecule has 0 radical (unpaired) electrons. The van der Waals surface area contributed by atoms with E-state index < -0.39 is 78.5 Å². The number of aliphatic hydroxyl groups is 5. The third kappa shape index (κ3) is 25.3. The lowest BCUT2D eigenvalue weighted by molar-refractivity contribution is -0.298. The average Bonchev–Trinajstić information content (AvgIpc) is 3.15. The molecule has 0 aromatic rings. The number of unbranched alkanes of at least 4 members (excludes halogenated alkanes) is 17. The van der Waals surface area contributed by atoms with Gasteiger partial charge in [-0.1, -0.05) is 134 Å². The molecule has 1 amide bonds. The Bertz CT molecular complexity index is 1150. The van der Waals surface area contributed by atoms with Crippen LogP contribution < -0.4 is 5.32 Å². The summed E-state index contributed by atoms with van der Waals surface area (Å²) >= 11 is 0. The number of amides is 1. The molecule has 1 heterocycles. The molecule has 8 unspecified atom stereocenters. The van der Waals surface area contributed by atoms with Crippen molar-refractivity contribution in [2.45, 2.75) is 204 Å². The summed E-state index contributed by atoms with van der Waals surface area (Å²) in [5.74, 6) is -0.724. The quantitative estimate of drug-likeness (QED) is 0.0223. The van der Waals surface area contributed by atoms with E-state index in [2.05, 4.69) is 47.7 Å². The van der Waals surface area contributed by atoms with Crippen molar-refractivity contribution >= 4 is 16.3 Å². The number of rotatable bonds is 34. The second-order valence-corrected chi connectivity index (χ2v) is 15.8. The van der Waals surface area contributed by atoms with Gasteiger partial charge in [-0.25, -0.2) is 4.18 Å². The minimum absolute atomic E-state index is 0.222. The molecular formula is C41H75NO12S.